The molecular weight excluding hydrogens is 703 g/mol. The quantitative estimate of drug-likeness (QED) is 0.0324. The molecule has 54 heavy (non-hydrogen) atoms. The largest absolute Gasteiger partial charge is 0.494 e. The number of thiophene rings is 1. The van der Waals surface area contributed by atoms with Gasteiger partial charge in [0.15, 0.2) is 11.8 Å². The van der Waals surface area contributed by atoms with Crippen molar-refractivity contribution in [3.63, 3.8) is 0 Å². The minimum Gasteiger partial charge on any atom is -0.494 e. The molecule has 1 unspecified atom stereocenters. The van der Waals surface area contributed by atoms with Crippen LogP contribution in [0.4, 0.5) is 0 Å². The summed E-state index contributed by atoms with van der Waals surface area (Å²) in [4.78, 5) is 49.7. The summed E-state index contributed by atoms with van der Waals surface area (Å²) in [5, 5.41) is 25.2. The first-order chi connectivity index (χ1) is 25.8. The highest BCUT2D eigenvalue weighted by Gasteiger charge is 2.28. The highest BCUT2D eigenvalue weighted by atomic mass is 32.1. The van der Waals surface area contributed by atoms with Gasteiger partial charge in [-0.05, 0) is 60.1 Å². The zero-order valence-electron chi connectivity index (χ0n) is 31.6. The Morgan fingerprint density at radius 3 is 2.13 bits per heavy atom. The molecule has 0 bridgehead atoms. The van der Waals surface area contributed by atoms with E-state index in [9.17, 15) is 19.5 Å². The first-order valence-electron chi connectivity index (χ1n) is 18.5. The zero-order chi connectivity index (χ0) is 39.1. The van der Waals surface area contributed by atoms with E-state index in [0.717, 1.165) is 39.3 Å². The topological polar surface area (TPSA) is 192 Å². The van der Waals surface area contributed by atoms with Gasteiger partial charge in [0.05, 0.1) is 11.5 Å². The molecule has 0 spiro atoms. The van der Waals surface area contributed by atoms with E-state index in [1.807, 2.05) is 54.6 Å². The second kappa shape index (κ2) is 20.2. The molecular formula is C41H53N7O5S. The Morgan fingerprint density at radius 2 is 1.52 bits per heavy atom. The van der Waals surface area contributed by atoms with Gasteiger partial charge in [0.25, 0.3) is 5.91 Å². The van der Waals surface area contributed by atoms with E-state index >= 15 is 0 Å². The number of hydrogen-bond acceptors (Lipinski definition) is 8. The molecule has 0 fully saturated rings. The van der Waals surface area contributed by atoms with Crippen LogP contribution in [0.3, 0.4) is 0 Å². The molecule has 13 heteroatoms. The number of carbonyl (C=O) groups excluding carboxylic acids is 2. The molecule has 2 amide bonds. The smallest absolute Gasteiger partial charge is 0.326 e. The predicted octanol–water partition coefficient (Wildman–Crippen LogP) is 6.69. The maximum Gasteiger partial charge on any atom is 0.326 e. The van der Waals surface area contributed by atoms with Crippen LogP contribution < -0.4 is 26.4 Å². The molecule has 2 heterocycles. The van der Waals surface area contributed by atoms with Gasteiger partial charge >= 0.3 is 5.97 Å². The summed E-state index contributed by atoms with van der Waals surface area (Å²) in [5.74, 6) is -1.08. The highest BCUT2D eigenvalue weighted by molar-refractivity contribution is 7.14. The molecule has 0 aliphatic carbocycles. The second-order valence-electron chi connectivity index (χ2n) is 14.3. The fourth-order valence-corrected chi connectivity index (χ4v) is 6.62. The van der Waals surface area contributed by atoms with Gasteiger partial charge in [-0.25, -0.2) is 14.8 Å². The number of nitrogens with two attached hydrogens (primary N) is 1. The average molecular weight is 756 g/mol. The third-order valence-electron chi connectivity index (χ3n) is 8.80. The third kappa shape index (κ3) is 13.0. The number of nitrogens with one attached hydrogen (secondary N) is 4. The molecule has 2 atom stereocenters. The maximum atomic E-state index is 13.6. The molecule has 0 aliphatic heterocycles. The molecule has 0 aliphatic rings. The highest BCUT2D eigenvalue weighted by Crippen LogP contribution is 2.29. The lowest BCUT2D eigenvalue weighted by Gasteiger charge is -2.22. The van der Waals surface area contributed by atoms with Crippen LogP contribution in [0.5, 0.6) is 5.75 Å². The Balaban J connectivity index is 1.43. The number of unbranched alkanes of at least 4 members (excludes halogenated alkanes) is 4. The summed E-state index contributed by atoms with van der Waals surface area (Å²) >= 11 is 1.36. The van der Waals surface area contributed by atoms with E-state index in [0.29, 0.717) is 23.7 Å². The van der Waals surface area contributed by atoms with Gasteiger partial charge in [0.1, 0.15) is 17.8 Å². The van der Waals surface area contributed by atoms with Gasteiger partial charge < -0.3 is 31.5 Å². The number of carbonyl (C=O) groups is 3. The summed E-state index contributed by atoms with van der Waals surface area (Å²) in [6.07, 6.45) is 10.1. The average Bonchev–Trinajstić information content (AvgIpc) is 3.66. The number of amides is 2. The summed E-state index contributed by atoms with van der Waals surface area (Å²) in [6, 6.07) is 16.7. The van der Waals surface area contributed by atoms with Crippen molar-refractivity contribution in [3.8, 4) is 28.3 Å². The summed E-state index contributed by atoms with van der Waals surface area (Å²) in [7, 11) is 0. The monoisotopic (exact) mass is 755 g/mol. The normalized spacial score (nSPS) is 12.4. The van der Waals surface area contributed by atoms with Crippen LogP contribution in [-0.2, 0) is 21.4 Å². The Kier molecular flexibility index (Phi) is 15.5. The second-order valence-corrected chi connectivity index (χ2v) is 15.4. The number of rotatable bonds is 20. The van der Waals surface area contributed by atoms with E-state index in [1.165, 1.54) is 37.0 Å². The Hall–Kier alpha value is -5.30. The first kappa shape index (κ1) is 41.5. The molecule has 4 rings (SSSR count). The van der Waals surface area contributed by atoms with Crippen molar-refractivity contribution in [2.45, 2.75) is 96.6 Å². The van der Waals surface area contributed by atoms with Crippen LogP contribution in [0.15, 0.2) is 73.1 Å². The van der Waals surface area contributed by atoms with Gasteiger partial charge in [-0.3, -0.25) is 15.0 Å². The Morgan fingerprint density at radius 1 is 0.852 bits per heavy atom. The van der Waals surface area contributed by atoms with Gasteiger partial charge in [-0.15, -0.1) is 11.3 Å². The van der Waals surface area contributed by atoms with Crippen LogP contribution in [0.1, 0.15) is 92.8 Å². The van der Waals surface area contributed by atoms with Crippen molar-refractivity contribution in [1.29, 1.82) is 5.41 Å². The van der Waals surface area contributed by atoms with E-state index in [4.69, 9.17) is 15.9 Å². The fraction of sp³-hybridized carbons (Fsp3) is 0.415. The lowest BCUT2D eigenvalue weighted by Crippen LogP contribution is -2.52. The van der Waals surface area contributed by atoms with Crippen LogP contribution in [0, 0.1) is 5.41 Å². The number of guanidine groups is 1. The van der Waals surface area contributed by atoms with Crippen molar-refractivity contribution in [1.82, 2.24) is 25.9 Å². The first-order valence-corrected chi connectivity index (χ1v) is 19.3. The van der Waals surface area contributed by atoms with Gasteiger partial charge in [-0.2, -0.15) is 0 Å². The molecule has 288 valence electrons. The summed E-state index contributed by atoms with van der Waals surface area (Å²) in [5.41, 5.74) is 8.55. The van der Waals surface area contributed by atoms with Gasteiger partial charge in [-0.1, -0.05) is 89.8 Å². The third-order valence-corrected chi connectivity index (χ3v) is 10.3. The van der Waals surface area contributed by atoms with E-state index in [2.05, 4.69) is 53.6 Å². The van der Waals surface area contributed by atoms with Crippen molar-refractivity contribution < 1.29 is 24.2 Å². The number of carboxylic acid groups (broad SMARTS) is 1. The van der Waals surface area contributed by atoms with E-state index < -0.39 is 29.9 Å². The van der Waals surface area contributed by atoms with Crippen molar-refractivity contribution in [2.75, 3.05) is 13.2 Å². The lowest BCUT2D eigenvalue weighted by molar-refractivity contribution is -0.142. The number of benzene rings is 2. The number of nitrogens with zero attached hydrogens (tertiary/aromatic N) is 2. The van der Waals surface area contributed by atoms with E-state index in [-0.39, 0.29) is 30.8 Å². The molecule has 12 nitrogen and oxygen atoms in total. The van der Waals surface area contributed by atoms with Crippen LogP contribution in [0.2, 0.25) is 0 Å². The van der Waals surface area contributed by atoms with Crippen molar-refractivity contribution in [3.05, 3.63) is 88.4 Å². The lowest BCUT2D eigenvalue weighted by atomic mass is 9.95. The van der Waals surface area contributed by atoms with Crippen LogP contribution in [0.25, 0.3) is 22.5 Å². The number of carboxylic acids is 1. The molecule has 2 aromatic heterocycles. The van der Waals surface area contributed by atoms with Crippen molar-refractivity contribution >= 4 is 35.1 Å². The SMILES string of the molecule is CCCCCCCOc1ccc(-c2cnc(-c3ccc(CC(NC(=O)c4ccc(C(C)(C)C)s4)C(=O)N[C@@H](CCCNC(=N)N)C(=O)O)cc3)nc2)cc1. The number of aliphatic carboxylic acids is 1. The molecule has 0 saturated carbocycles. The molecule has 7 N–H and O–H groups in total. The number of hydrogen-bond donors (Lipinski definition) is 6. The number of aromatic nitrogens is 2. The summed E-state index contributed by atoms with van der Waals surface area (Å²) in [6.45, 7) is 9.38. The molecule has 0 saturated heterocycles. The molecule has 0 radical (unpaired) electrons. The zero-order valence-corrected chi connectivity index (χ0v) is 32.4. The van der Waals surface area contributed by atoms with Gasteiger partial charge in [0, 0.05) is 41.4 Å². The predicted molar refractivity (Wildman–Crippen MR) is 214 cm³/mol. The standard InChI is InChI=1S/C41H53N7O5S/c1-5-6-7-8-9-23-53-31-18-16-28(17-19-31)30-25-45-36(46-26-30)29-14-12-27(13-15-29)24-33(48-38(50)34-20-21-35(54-34)41(2,3)4)37(49)47-32(39(51)52)11-10-22-44-40(42)43/h12-21,25-26,32-33H,5-11,22-24H2,1-4H3,(H,47,49)(H,48,50)(H,51,52)(H4,42,43,44)/t32-,33?/m0/s1. The van der Waals surface area contributed by atoms with Crippen LogP contribution in [-0.4, -0.2) is 64.1 Å². The fourth-order valence-electron chi connectivity index (χ4n) is 5.65. The molecule has 2 aromatic carbocycles. The number of ether oxygens (including phenoxy) is 1. The molecule has 4 aromatic rings. The minimum absolute atomic E-state index is 0.106. The van der Waals surface area contributed by atoms with Gasteiger partial charge in [0.2, 0.25) is 5.91 Å². The van der Waals surface area contributed by atoms with Crippen molar-refractivity contribution in [2.24, 2.45) is 5.73 Å². The minimum atomic E-state index is -1.20. The Labute approximate surface area is 321 Å². The maximum absolute atomic E-state index is 13.6. The van der Waals surface area contributed by atoms with E-state index in [1.54, 1.807) is 18.5 Å². The van der Waals surface area contributed by atoms with Crippen LogP contribution >= 0.6 is 11.3 Å². The summed E-state index contributed by atoms with van der Waals surface area (Å²) < 4.78 is 5.89. The Bertz CT molecular complexity index is 1820.